The van der Waals surface area contributed by atoms with E-state index in [9.17, 15) is 13.2 Å². The van der Waals surface area contributed by atoms with Gasteiger partial charge in [-0.3, -0.25) is 0 Å². The van der Waals surface area contributed by atoms with Crippen molar-refractivity contribution in [1.82, 2.24) is 19.9 Å². The molecule has 1 unspecified atom stereocenters. The molecule has 1 atom stereocenters. The molecule has 0 spiro atoms. The van der Waals surface area contributed by atoms with E-state index in [2.05, 4.69) is 16.8 Å². The second kappa shape index (κ2) is 10.3. The normalized spacial score (nSPS) is 18.9. The van der Waals surface area contributed by atoms with Crippen LogP contribution in [-0.4, -0.2) is 58.7 Å². The quantitative estimate of drug-likeness (QED) is 0.433. The first-order valence-corrected chi connectivity index (χ1v) is 12.9. The molecule has 5 rings (SSSR count). The number of rotatable bonds is 4. The van der Waals surface area contributed by atoms with E-state index in [-0.39, 0.29) is 5.82 Å². The van der Waals surface area contributed by atoms with Crippen molar-refractivity contribution in [3.05, 3.63) is 52.7 Å². The maximum absolute atomic E-state index is 13.6. The third-order valence-corrected chi connectivity index (χ3v) is 7.43. The van der Waals surface area contributed by atoms with Crippen LogP contribution in [0, 0.1) is 6.92 Å². The highest BCUT2D eigenvalue weighted by atomic mass is 35.5. The van der Waals surface area contributed by atoms with Crippen LogP contribution in [0.4, 0.5) is 30.9 Å². The summed E-state index contributed by atoms with van der Waals surface area (Å²) in [5, 5.41) is 0.673. The van der Waals surface area contributed by atoms with Crippen LogP contribution in [-0.2, 0) is 6.18 Å². The number of anilines is 3. The summed E-state index contributed by atoms with van der Waals surface area (Å²) in [6, 6.07) is 8.42. The molecule has 3 aromatic rings. The number of pyridine rings is 1. The Balaban J connectivity index is 1.46. The molecule has 2 aromatic heterocycles. The predicted molar refractivity (Wildman–Crippen MR) is 139 cm³/mol. The number of nitrogens with zero attached hydrogens (tertiary/aromatic N) is 7. The molecule has 2 aliphatic heterocycles. The number of benzene rings is 1. The highest BCUT2D eigenvalue weighted by Crippen LogP contribution is 2.36. The van der Waals surface area contributed by atoms with Gasteiger partial charge in [-0.05, 0) is 69.0 Å². The molecular formula is C26H29ClF3N7. The Hall–Kier alpha value is -3.14. The largest absolute Gasteiger partial charge is 0.419 e. The van der Waals surface area contributed by atoms with Crippen LogP contribution in [0.5, 0.6) is 0 Å². The number of hydrogen-bond acceptors (Lipinski definition) is 7. The lowest BCUT2D eigenvalue weighted by Gasteiger charge is -2.26. The van der Waals surface area contributed by atoms with Crippen LogP contribution in [0.2, 0.25) is 5.02 Å². The van der Waals surface area contributed by atoms with Crippen molar-refractivity contribution in [2.24, 2.45) is 0 Å². The molecule has 0 saturated carbocycles. The molecule has 0 aliphatic carbocycles. The molecular weight excluding hydrogens is 503 g/mol. The lowest BCUT2D eigenvalue weighted by molar-refractivity contribution is -0.137. The van der Waals surface area contributed by atoms with Crippen molar-refractivity contribution in [3.8, 4) is 11.4 Å². The average molecular weight is 532 g/mol. The van der Waals surface area contributed by atoms with Gasteiger partial charge in [-0.25, -0.2) is 4.98 Å². The molecule has 196 valence electrons. The van der Waals surface area contributed by atoms with Gasteiger partial charge >= 0.3 is 6.18 Å². The summed E-state index contributed by atoms with van der Waals surface area (Å²) < 4.78 is 40.8. The van der Waals surface area contributed by atoms with Gasteiger partial charge in [0.05, 0.1) is 5.56 Å². The molecule has 2 fully saturated rings. The first-order chi connectivity index (χ1) is 17.7. The zero-order chi connectivity index (χ0) is 26.2. The van der Waals surface area contributed by atoms with E-state index >= 15 is 0 Å². The molecule has 7 nitrogen and oxygen atoms in total. The van der Waals surface area contributed by atoms with Crippen LogP contribution < -0.4 is 14.7 Å². The minimum atomic E-state index is -4.46. The van der Waals surface area contributed by atoms with Crippen molar-refractivity contribution in [3.63, 3.8) is 0 Å². The first-order valence-electron chi connectivity index (χ1n) is 12.5. The number of aromatic nitrogens is 4. The Morgan fingerprint density at radius 2 is 1.68 bits per heavy atom. The van der Waals surface area contributed by atoms with Gasteiger partial charge in [0.1, 0.15) is 5.82 Å². The number of alkyl halides is 3. The molecule has 2 saturated heterocycles. The van der Waals surface area contributed by atoms with E-state index < -0.39 is 11.7 Å². The van der Waals surface area contributed by atoms with Gasteiger partial charge in [-0.1, -0.05) is 11.6 Å². The molecule has 2 aliphatic rings. The fraction of sp³-hybridized carbons (Fsp3) is 0.462. The molecule has 37 heavy (non-hydrogen) atoms. The van der Waals surface area contributed by atoms with Crippen molar-refractivity contribution >= 4 is 29.3 Å². The lowest BCUT2D eigenvalue weighted by Crippen LogP contribution is -2.34. The summed E-state index contributed by atoms with van der Waals surface area (Å²) >= 11 is 6.25. The standard InChI is InChI=1S/C26H29ClF3N7/c1-17-16-19(8-9-21(17)27)22-32-24(34-25(33-22)37-13-4-6-18(37)2)36-12-5-11-35(14-15-36)23-20(26(28,29)30)7-3-10-31-23/h3,7-10,16,18H,4-6,11-15H2,1-2H3. The van der Waals surface area contributed by atoms with Crippen LogP contribution in [0.3, 0.4) is 0 Å². The molecule has 1 aromatic carbocycles. The number of hydrogen-bond donors (Lipinski definition) is 0. The molecule has 0 N–H and O–H groups in total. The van der Waals surface area contributed by atoms with Gasteiger partial charge in [0.25, 0.3) is 0 Å². The summed E-state index contributed by atoms with van der Waals surface area (Å²) in [5.74, 6) is 1.69. The molecule has 0 amide bonds. The average Bonchev–Trinajstić information content (AvgIpc) is 3.16. The van der Waals surface area contributed by atoms with Crippen molar-refractivity contribution < 1.29 is 13.2 Å². The maximum Gasteiger partial charge on any atom is 0.419 e. The Kier molecular flexibility index (Phi) is 7.11. The minimum absolute atomic E-state index is 0.0311. The molecule has 4 heterocycles. The molecule has 0 radical (unpaired) electrons. The fourth-order valence-electron chi connectivity index (χ4n) is 4.97. The number of halogens is 4. The van der Waals surface area contributed by atoms with Crippen molar-refractivity contribution in [1.29, 1.82) is 0 Å². The summed E-state index contributed by atoms with van der Waals surface area (Å²) in [5.41, 5.74) is 1.06. The Morgan fingerprint density at radius 1 is 0.919 bits per heavy atom. The van der Waals surface area contributed by atoms with Crippen LogP contribution in [0.1, 0.15) is 37.3 Å². The highest BCUT2D eigenvalue weighted by Gasteiger charge is 2.36. The second-order valence-corrected chi connectivity index (χ2v) is 10.0. The van der Waals surface area contributed by atoms with Crippen molar-refractivity contribution in [2.75, 3.05) is 47.4 Å². The van der Waals surface area contributed by atoms with Gasteiger partial charge in [-0.2, -0.15) is 28.1 Å². The van der Waals surface area contributed by atoms with Gasteiger partial charge in [0, 0.05) is 55.5 Å². The van der Waals surface area contributed by atoms with E-state index in [1.54, 1.807) is 4.90 Å². The van der Waals surface area contributed by atoms with Gasteiger partial charge in [-0.15, -0.1) is 0 Å². The number of aryl methyl sites for hydroxylation is 1. The van der Waals surface area contributed by atoms with Crippen LogP contribution >= 0.6 is 11.6 Å². The fourth-order valence-corrected chi connectivity index (χ4v) is 5.08. The third-order valence-electron chi connectivity index (χ3n) is 7.01. The van der Waals surface area contributed by atoms with E-state index in [1.165, 1.54) is 12.3 Å². The highest BCUT2D eigenvalue weighted by molar-refractivity contribution is 6.31. The maximum atomic E-state index is 13.6. The topological polar surface area (TPSA) is 61.3 Å². The summed E-state index contributed by atoms with van der Waals surface area (Å²) in [4.78, 5) is 24.5. The second-order valence-electron chi connectivity index (χ2n) is 9.61. The van der Waals surface area contributed by atoms with E-state index in [0.717, 1.165) is 36.6 Å². The summed E-state index contributed by atoms with van der Waals surface area (Å²) in [6.07, 6.45) is -0.271. The Bertz CT molecular complexity index is 1270. The van der Waals surface area contributed by atoms with Crippen LogP contribution in [0.25, 0.3) is 11.4 Å². The smallest absolute Gasteiger partial charge is 0.354 e. The monoisotopic (exact) mass is 531 g/mol. The van der Waals surface area contributed by atoms with E-state index in [4.69, 9.17) is 26.6 Å². The lowest BCUT2D eigenvalue weighted by atomic mass is 10.1. The zero-order valence-electron chi connectivity index (χ0n) is 20.8. The van der Waals surface area contributed by atoms with Gasteiger partial charge < -0.3 is 14.7 Å². The van der Waals surface area contributed by atoms with Gasteiger partial charge in [0.2, 0.25) is 11.9 Å². The van der Waals surface area contributed by atoms with Crippen LogP contribution in [0.15, 0.2) is 36.5 Å². The molecule has 0 bridgehead atoms. The first kappa shape index (κ1) is 25.5. The van der Waals surface area contributed by atoms with Crippen molar-refractivity contribution in [2.45, 2.75) is 45.3 Å². The summed E-state index contributed by atoms with van der Waals surface area (Å²) in [7, 11) is 0. The minimum Gasteiger partial charge on any atom is -0.354 e. The third kappa shape index (κ3) is 5.44. The van der Waals surface area contributed by atoms with Gasteiger partial charge in [0.15, 0.2) is 5.82 Å². The predicted octanol–water partition coefficient (Wildman–Crippen LogP) is 5.62. The zero-order valence-corrected chi connectivity index (χ0v) is 21.6. The van der Waals surface area contributed by atoms with E-state index in [1.807, 2.05) is 30.0 Å². The summed E-state index contributed by atoms with van der Waals surface area (Å²) in [6.45, 7) is 6.88. The Labute approximate surface area is 219 Å². The SMILES string of the molecule is Cc1cc(-c2nc(N3CCCN(c4ncccc4C(F)(F)F)CC3)nc(N3CCCC3C)n2)ccc1Cl. The Morgan fingerprint density at radius 3 is 2.41 bits per heavy atom. The van der Waals surface area contributed by atoms with E-state index in [0.29, 0.717) is 61.4 Å². The molecule has 11 heteroatoms.